The molecule has 1 atom stereocenters. The average Bonchev–Trinajstić information content (AvgIpc) is 3.04. The monoisotopic (exact) mass is 623 g/mol. The number of carbonyl (C=O) groups excluding carboxylic acids is 2. The fraction of sp³-hybridized carbons (Fsp3) is 0.394. The molecule has 3 aromatic rings. The predicted octanol–water partition coefficient (Wildman–Crippen LogP) is 4.03. The predicted molar refractivity (Wildman–Crippen MR) is 167 cm³/mol. The molecule has 1 N–H and O–H groups in total. The molecule has 11 heteroatoms. The minimum atomic E-state index is -3.66. The van der Waals surface area contributed by atoms with Crippen LogP contribution >= 0.6 is 0 Å². The SMILES string of the molecule is COc1ccc(CN(C(=O)COc2ccc(S(=O)(=O)N3CCOCC3)cc2)C(C(=O)NCCC(C)C)c2ccccc2)cc1. The first kappa shape index (κ1) is 33.0. The van der Waals surface area contributed by atoms with Crippen LogP contribution in [0.1, 0.15) is 37.4 Å². The summed E-state index contributed by atoms with van der Waals surface area (Å²) < 4.78 is 43.7. The molecule has 0 saturated carbocycles. The molecule has 0 radical (unpaired) electrons. The van der Waals surface area contributed by atoms with Crippen LogP contribution in [0.5, 0.6) is 11.5 Å². The quantitative estimate of drug-likeness (QED) is 0.289. The second kappa shape index (κ2) is 15.7. The molecule has 2 amide bonds. The van der Waals surface area contributed by atoms with Crippen LogP contribution in [0.4, 0.5) is 0 Å². The summed E-state index contributed by atoms with van der Waals surface area (Å²) in [5, 5.41) is 3.01. The van der Waals surface area contributed by atoms with Crippen molar-refractivity contribution in [2.45, 2.75) is 37.8 Å². The van der Waals surface area contributed by atoms with Crippen molar-refractivity contribution in [3.05, 3.63) is 90.0 Å². The molecule has 1 aliphatic rings. The smallest absolute Gasteiger partial charge is 0.261 e. The van der Waals surface area contributed by atoms with Gasteiger partial charge >= 0.3 is 0 Å². The standard InChI is InChI=1S/C33H41N3O7S/c1-25(2)17-18-34-33(38)32(27-7-5-4-6-8-27)36(23-26-9-11-28(41-3)12-10-26)31(37)24-43-29-13-15-30(16-14-29)44(39,40)35-19-21-42-22-20-35/h4-16,25,32H,17-24H2,1-3H3,(H,34,38). The number of nitrogens with one attached hydrogen (secondary N) is 1. The Morgan fingerprint density at radius 3 is 2.18 bits per heavy atom. The number of carbonyl (C=O) groups is 2. The number of nitrogens with zero attached hydrogens (tertiary/aromatic N) is 2. The summed E-state index contributed by atoms with van der Waals surface area (Å²) in [6.07, 6.45) is 0.806. The van der Waals surface area contributed by atoms with E-state index in [2.05, 4.69) is 19.2 Å². The zero-order chi connectivity index (χ0) is 31.5. The van der Waals surface area contributed by atoms with Gasteiger partial charge in [0.05, 0.1) is 25.2 Å². The molecule has 1 aliphatic heterocycles. The summed E-state index contributed by atoms with van der Waals surface area (Å²) in [7, 11) is -2.08. The molecule has 1 heterocycles. The van der Waals surface area contributed by atoms with Crippen LogP contribution in [0.25, 0.3) is 0 Å². The maximum Gasteiger partial charge on any atom is 0.261 e. The van der Waals surface area contributed by atoms with Gasteiger partial charge in [0, 0.05) is 26.2 Å². The van der Waals surface area contributed by atoms with Gasteiger partial charge in [0.1, 0.15) is 17.5 Å². The highest BCUT2D eigenvalue weighted by molar-refractivity contribution is 7.89. The number of ether oxygens (including phenoxy) is 3. The van der Waals surface area contributed by atoms with E-state index in [1.165, 1.54) is 33.5 Å². The van der Waals surface area contributed by atoms with E-state index >= 15 is 0 Å². The van der Waals surface area contributed by atoms with Gasteiger partial charge in [0.25, 0.3) is 5.91 Å². The second-order valence-corrected chi connectivity index (χ2v) is 12.9. The third-order valence-corrected chi connectivity index (χ3v) is 9.24. The highest BCUT2D eigenvalue weighted by Gasteiger charge is 2.32. The molecule has 1 unspecified atom stereocenters. The molecular formula is C33H41N3O7S. The minimum absolute atomic E-state index is 0.140. The van der Waals surface area contributed by atoms with Gasteiger partial charge in [-0.15, -0.1) is 0 Å². The number of benzene rings is 3. The van der Waals surface area contributed by atoms with E-state index < -0.39 is 22.0 Å². The Bertz CT molecular complexity index is 1460. The van der Waals surface area contributed by atoms with Crippen molar-refractivity contribution in [3.63, 3.8) is 0 Å². The summed E-state index contributed by atoms with van der Waals surface area (Å²) in [6.45, 7) is 5.77. The van der Waals surface area contributed by atoms with Crippen molar-refractivity contribution in [2.24, 2.45) is 5.92 Å². The summed E-state index contributed by atoms with van der Waals surface area (Å²) >= 11 is 0. The van der Waals surface area contributed by atoms with Crippen molar-refractivity contribution in [2.75, 3.05) is 46.6 Å². The summed E-state index contributed by atoms with van der Waals surface area (Å²) in [4.78, 5) is 29.2. The molecule has 44 heavy (non-hydrogen) atoms. The molecule has 0 spiro atoms. The first-order valence-electron chi connectivity index (χ1n) is 14.7. The number of morpholine rings is 1. The van der Waals surface area contributed by atoms with Gasteiger partial charge in [0.15, 0.2) is 6.61 Å². The molecule has 1 fully saturated rings. The second-order valence-electron chi connectivity index (χ2n) is 10.9. The molecule has 1 saturated heterocycles. The zero-order valence-corrected chi connectivity index (χ0v) is 26.3. The summed E-state index contributed by atoms with van der Waals surface area (Å²) in [6, 6.07) is 21.6. The van der Waals surface area contributed by atoms with Crippen LogP contribution in [0.2, 0.25) is 0 Å². The van der Waals surface area contributed by atoms with Crippen LogP contribution in [0.15, 0.2) is 83.8 Å². The van der Waals surface area contributed by atoms with E-state index in [-0.39, 0.29) is 24.0 Å². The van der Waals surface area contributed by atoms with E-state index in [1.54, 1.807) is 19.2 Å². The molecule has 0 bridgehead atoms. The summed E-state index contributed by atoms with van der Waals surface area (Å²) in [5.74, 6) is 0.739. The number of amides is 2. The van der Waals surface area contributed by atoms with Crippen molar-refractivity contribution in [1.29, 1.82) is 0 Å². The normalized spacial score (nSPS) is 14.5. The van der Waals surface area contributed by atoms with Crippen molar-refractivity contribution in [1.82, 2.24) is 14.5 Å². The van der Waals surface area contributed by atoms with Gasteiger partial charge in [-0.05, 0) is 59.9 Å². The molecule has 0 aliphatic carbocycles. The Labute approximate surface area is 260 Å². The van der Waals surface area contributed by atoms with Crippen LogP contribution < -0.4 is 14.8 Å². The van der Waals surface area contributed by atoms with Crippen molar-refractivity contribution >= 4 is 21.8 Å². The number of rotatable bonds is 14. The molecule has 10 nitrogen and oxygen atoms in total. The van der Waals surface area contributed by atoms with Gasteiger partial charge in [-0.1, -0.05) is 56.3 Å². The van der Waals surface area contributed by atoms with Crippen LogP contribution in [-0.2, 0) is 30.9 Å². The van der Waals surface area contributed by atoms with Gasteiger partial charge in [-0.25, -0.2) is 8.42 Å². The molecule has 0 aromatic heterocycles. The van der Waals surface area contributed by atoms with Gasteiger partial charge < -0.3 is 24.4 Å². The Hall–Kier alpha value is -3.93. The maximum atomic E-state index is 13.9. The van der Waals surface area contributed by atoms with E-state index in [1.807, 2.05) is 42.5 Å². The van der Waals surface area contributed by atoms with E-state index in [9.17, 15) is 18.0 Å². The van der Waals surface area contributed by atoms with Gasteiger partial charge in [-0.2, -0.15) is 4.31 Å². The van der Waals surface area contributed by atoms with Gasteiger partial charge in [-0.3, -0.25) is 9.59 Å². The number of hydrogen-bond acceptors (Lipinski definition) is 7. The maximum absolute atomic E-state index is 13.9. The van der Waals surface area contributed by atoms with Crippen molar-refractivity contribution in [3.8, 4) is 11.5 Å². The largest absolute Gasteiger partial charge is 0.497 e. The van der Waals surface area contributed by atoms with E-state index in [0.29, 0.717) is 55.8 Å². The molecule has 3 aromatic carbocycles. The molecule has 236 valence electrons. The highest BCUT2D eigenvalue weighted by Crippen LogP contribution is 2.26. The molecular weight excluding hydrogens is 582 g/mol. The fourth-order valence-corrected chi connectivity index (χ4v) is 6.22. The summed E-state index contributed by atoms with van der Waals surface area (Å²) in [5.41, 5.74) is 1.49. The van der Waals surface area contributed by atoms with E-state index in [0.717, 1.165) is 12.0 Å². The third kappa shape index (κ3) is 8.81. The molecule has 4 rings (SSSR count). The Morgan fingerprint density at radius 2 is 1.57 bits per heavy atom. The lowest BCUT2D eigenvalue weighted by atomic mass is 10.0. The number of sulfonamides is 1. The van der Waals surface area contributed by atoms with Crippen LogP contribution in [0.3, 0.4) is 0 Å². The number of hydrogen-bond donors (Lipinski definition) is 1. The zero-order valence-electron chi connectivity index (χ0n) is 25.5. The lowest BCUT2D eigenvalue weighted by Crippen LogP contribution is -2.45. The first-order valence-corrected chi connectivity index (χ1v) is 16.2. The Kier molecular flexibility index (Phi) is 11.8. The minimum Gasteiger partial charge on any atom is -0.497 e. The first-order chi connectivity index (χ1) is 21.2. The number of methoxy groups -OCH3 is 1. The van der Waals surface area contributed by atoms with E-state index in [4.69, 9.17) is 14.2 Å². The fourth-order valence-electron chi connectivity index (χ4n) is 4.81. The average molecular weight is 624 g/mol. The lowest BCUT2D eigenvalue weighted by Gasteiger charge is -2.31. The topological polar surface area (TPSA) is 114 Å². The highest BCUT2D eigenvalue weighted by atomic mass is 32.2. The Morgan fingerprint density at radius 1 is 0.932 bits per heavy atom. The Balaban J connectivity index is 1.55. The van der Waals surface area contributed by atoms with Gasteiger partial charge in [0.2, 0.25) is 15.9 Å². The van der Waals surface area contributed by atoms with Crippen molar-refractivity contribution < 1.29 is 32.2 Å². The third-order valence-electron chi connectivity index (χ3n) is 7.32. The lowest BCUT2D eigenvalue weighted by molar-refractivity contribution is -0.143. The van der Waals surface area contributed by atoms with Crippen LogP contribution in [0, 0.1) is 5.92 Å². The van der Waals surface area contributed by atoms with Crippen LogP contribution in [-0.4, -0.2) is 76.0 Å².